The number of aryl methyl sites for hydroxylation is 2. The van der Waals surface area contributed by atoms with Gasteiger partial charge in [0.05, 0.1) is 27.4 Å². The fourth-order valence-electron chi connectivity index (χ4n) is 3.86. The molecule has 1 unspecified atom stereocenters. The van der Waals surface area contributed by atoms with E-state index in [-0.39, 0.29) is 29.0 Å². The van der Waals surface area contributed by atoms with Gasteiger partial charge in [0.2, 0.25) is 5.75 Å². The van der Waals surface area contributed by atoms with E-state index < -0.39 is 12.6 Å². The van der Waals surface area contributed by atoms with E-state index in [9.17, 15) is 9.59 Å². The first-order valence-electron chi connectivity index (χ1n) is 10.4. The van der Waals surface area contributed by atoms with Crippen LogP contribution in [0, 0.1) is 0 Å². The van der Waals surface area contributed by atoms with Crippen LogP contribution in [0.15, 0.2) is 30.3 Å². The normalized spacial score (nSPS) is 13.5. The number of hydrogen-bond acceptors (Lipinski definition) is 6. The Morgan fingerprint density at radius 1 is 0.935 bits per heavy atom. The van der Waals surface area contributed by atoms with Crippen molar-refractivity contribution in [2.24, 2.45) is 0 Å². The smallest absolute Gasteiger partial charge is 0.342 e. The highest BCUT2D eigenvalue weighted by atomic mass is 16.5. The summed E-state index contributed by atoms with van der Waals surface area (Å²) in [5.74, 6) is -0.167. The van der Waals surface area contributed by atoms with Crippen LogP contribution < -0.4 is 19.5 Å². The third kappa shape index (κ3) is 5.10. The lowest BCUT2D eigenvalue weighted by Gasteiger charge is -2.20. The highest BCUT2D eigenvalue weighted by molar-refractivity contribution is 5.95. The maximum atomic E-state index is 12.5. The van der Waals surface area contributed by atoms with Crippen molar-refractivity contribution < 1.29 is 28.5 Å². The molecule has 0 heterocycles. The average molecular weight is 427 g/mol. The van der Waals surface area contributed by atoms with Gasteiger partial charge in [0.15, 0.2) is 18.1 Å². The summed E-state index contributed by atoms with van der Waals surface area (Å²) in [6, 6.07) is 9.27. The van der Waals surface area contributed by atoms with E-state index in [1.165, 1.54) is 51.4 Å². The maximum absolute atomic E-state index is 12.5. The number of amides is 1. The predicted octanol–water partition coefficient (Wildman–Crippen LogP) is 3.63. The average Bonchev–Trinajstić information content (AvgIpc) is 2.80. The first-order chi connectivity index (χ1) is 15.0. The Bertz CT molecular complexity index is 955. The molecule has 0 saturated carbocycles. The van der Waals surface area contributed by atoms with Gasteiger partial charge in [0, 0.05) is 0 Å². The van der Waals surface area contributed by atoms with Gasteiger partial charge in [-0.15, -0.1) is 0 Å². The molecule has 0 aromatic heterocycles. The third-order valence-corrected chi connectivity index (χ3v) is 5.51. The summed E-state index contributed by atoms with van der Waals surface area (Å²) in [5.41, 5.74) is 3.95. The fourth-order valence-corrected chi connectivity index (χ4v) is 3.86. The topological polar surface area (TPSA) is 83.1 Å². The van der Waals surface area contributed by atoms with Crippen molar-refractivity contribution >= 4 is 11.9 Å². The zero-order valence-electron chi connectivity index (χ0n) is 18.4. The minimum Gasteiger partial charge on any atom is -0.493 e. The van der Waals surface area contributed by atoms with Gasteiger partial charge in [0.1, 0.15) is 5.56 Å². The molecule has 1 aliphatic carbocycles. The zero-order chi connectivity index (χ0) is 22.4. The summed E-state index contributed by atoms with van der Waals surface area (Å²) in [4.78, 5) is 24.9. The SMILES string of the molecule is COc1ccc(C(=O)OCC(=O)NC(C)c2ccc3c(c2)CCCC3)c(OC)c1OC. The van der Waals surface area contributed by atoms with Crippen LogP contribution in [0.5, 0.6) is 17.2 Å². The van der Waals surface area contributed by atoms with Gasteiger partial charge in [-0.2, -0.15) is 0 Å². The van der Waals surface area contributed by atoms with Crippen LogP contribution >= 0.6 is 0 Å². The number of carbonyl (C=O) groups excluding carboxylic acids is 2. The number of ether oxygens (including phenoxy) is 4. The maximum Gasteiger partial charge on any atom is 0.342 e. The standard InChI is InChI=1S/C24H29NO6/c1-15(17-10-9-16-7-5-6-8-18(16)13-17)25-21(26)14-31-24(27)19-11-12-20(28-2)23(30-4)22(19)29-3/h9-13,15H,5-8,14H2,1-4H3,(H,25,26). The molecular formula is C24H29NO6. The van der Waals surface area contributed by atoms with Gasteiger partial charge in [-0.3, -0.25) is 4.79 Å². The highest BCUT2D eigenvalue weighted by Crippen LogP contribution is 2.39. The summed E-state index contributed by atoms with van der Waals surface area (Å²) >= 11 is 0. The van der Waals surface area contributed by atoms with Gasteiger partial charge in [-0.1, -0.05) is 18.2 Å². The van der Waals surface area contributed by atoms with Crippen LogP contribution in [-0.4, -0.2) is 39.8 Å². The molecule has 0 fully saturated rings. The molecular weight excluding hydrogens is 398 g/mol. The molecule has 0 aliphatic heterocycles. The number of rotatable bonds is 8. The quantitative estimate of drug-likeness (QED) is 0.648. The van der Waals surface area contributed by atoms with Crippen molar-refractivity contribution in [3.05, 3.63) is 52.6 Å². The Balaban J connectivity index is 1.61. The lowest BCUT2D eigenvalue weighted by atomic mass is 9.89. The second kappa shape index (κ2) is 10.2. The Morgan fingerprint density at radius 2 is 1.65 bits per heavy atom. The molecule has 0 spiro atoms. The van der Waals surface area contributed by atoms with Crippen LogP contribution in [0.3, 0.4) is 0 Å². The number of esters is 1. The molecule has 1 aliphatic rings. The Labute approximate surface area is 182 Å². The Morgan fingerprint density at radius 3 is 2.32 bits per heavy atom. The first kappa shape index (κ1) is 22.5. The van der Waals surface area contributed by atoms with E-state index in [4.69, 9.17) is 18.9 Å². The lowest BCUT2D eigenvalue weighted by molar-refractivity contribution is -0.124. The largest absolute Gasteiger partial charge is 0.493 e. The molecule has 0 radical (unpaired) electrons. The van der Waals surface area contributed by atoms with Gasteiger partial charge in [0.25, 0.3) is 5.91 Å². The summed E-state index contributed by atoms with van der Waals surface area (Å²) in [6.45, 7) is 1.52. The third-order valence-electron chi connectivity index (χ3n) is 5.51. The second-order valence-corrected chi connectivity index (χ2v) is 7.48. The molecule has 1 atom stereocenters. The lowest BCUT2D eigenvalue weighted by Crippen LogP contribution is -2.31. The van der Waals surface area contributed by atoms with Crippen LogP contribution in [0.1, 0.15) is 52.9 Å². The summed E-state index contributed by atoms with van der Waals surface area (Å²) < 4.78 is 21.0. The van der Waals surface area contributed by atoms with E-state index in [0.29, 0.717) is 5.75 Å². The number of carbonyl (C=O) groups is 2. The van der Waals surface area contributed by atoms with Crippen molar-refractivity contribution in [3.8, 4) is 17.2 Å². The minimum atomic E-state index is -0.686. The van der Waals surface area contributed by atoms with Crippen LogP contribution in [0.4, 0.5) is 0 Å². The second-order valence-electron chi connectivity index (χ2n) is 7.48. The number of methoxy groups -OCH3 is 3. The van der Waals surface area contributed by atoms with Gasteiger partial charge in [-0.25, -0.2) is 4.79 Å². The molecule has 31 heavy (non-hydrogen) atoms. The van der Waals surface area contributed by atoms with Crippen molar-refractivity contribution in [1.29, 1.82) is 0 Å². The van der Waals surface area contributed by atoms with Crippen molar-refractivity contribution in [2.45, 2.75) is 38.6 Å². The molecule has 7 heteroatoms. The first-order valence-corrected chi connectivity index (χ1v) is 10.4. The molecule has 2 aromatic carbocycles. The Hall–Kier alpha value is -3.22. The zero-order valence-corrected chi connectivity index (χ0v) is 18.4. The van der Waals surface area contributed by atoms with Crippen molar-refractivity contribution in [1.82, 2.24) is 5.32 Å². The molecule has 2 aromatic rings. The fraction of sp³-hybridized carbons (Fsp3) is 0.417. The van der Waals surface area contributed by atoms with Crippen molar-refractivity contribution in [2.75, 3.05) is 27.9 Å². The van der Waals surface area contributed by atoms with Crippen LogP contribution in [0.25, 0.3) is 0 Å². The molecule has 7 nitrogen and oxygen atoms in total. The van der Waals surface area contributed by atoms with E-state index in [1.54, 1.807) is 6.07 Å². The van der Waals surface area contributed by atoms with Crippen molar-refractivity contribution in [3.63, 3.8) is 0 Å². The predicted molar refractivity (Wildman–Crippen MR) is 116 cm³/mol. The number of fused-ring (bicyclic) bond motifs is 1. The summed E-state index contributed by atoms with van der Waals surface area (Å²) in [5, 5.41) is 2.89. The molecule has 166 valence electrons. The molecule has 0 bridgehead atoms. The van der Waals surface area contributed by atoms with E-state index >= 15 is 0 Å². The summed E-state index contributed by atoms with van der Waals surface area (Å²) in [6.07, 6.45) is 4.63. The molecule has 1 N–H and O–H groups in total. The molecule has 0 saturated heterocycles. The molecule has 3 rings (SSSR count). The van der Waals surface area contributed by atoms with Gasteiger partial charge in [-0.05, 0) is 61.4 Å². The number of benzene rings is 2. The minimum absolute atomic E-state index is 0.149. The monoisotopic (exact) mass is 427 g/mol. The highest BCUT2D eigenvalue weighted by Gasteiger charge is 2.23. The van der Waals surface area contributed by atoms with Gasteiger partial charge >= 0.3 is 5.97 Å². The number of hydrogen-bond donors (Lipinski definition) is 1. The van der Waals surface area contributed by atoms with E-state index in [0.717, 1.165) is 18.4 Å². The van der Waals surface area contributed by atoms with E-state index in [1.807, 2.05) is 6.92 Å². The van der Waals surface area contributed by atoms with E-state index in [2.05, 4.69) is 23.5 Å². The Kier molecular flexibility index (Phi) is 7.39. The summed E-state index contributed by atoms with van der Waals surface area (Å²) in [7, 11) is 4.36. The van der Waals surface area contributed by atoms with Gasteiger partial charge < -0.3 is 24.3 Å². The number of nitrogens with one attached hydrogen (secondary N) is 1. The van der Waals surface area contributed by atoms with Crippen LogP contribution in [0.2, 0.25) is 0 Å². The molecule has 1 amide bonds. The van der Waals surface area contributed by atoms with Crippen LogP contribution in [-0.2, 0) is 22.4 Å².